The summed E-state index contributed by atoms with van der Waals surface area (Å²) in [4.78, 5) is 14.0. The zero-order chi connectivity index (χ0) is 23.9. The molecule has 1 aromatic carbocycles. The minimum Gasteiger partial charge on any atom is -0.384 e. The number of hydrogen-bond donors (Lipinski definition) is 4. The van der Waals surface area contributed by atoms with Gasteiger partial charge in [0.1, 0.15) is 5.82 Å². The Morgan fingerprint density at radius 2 is 1.97 bits per heavy atom. The molecule has 0 radical (unpaired) electrons. The molecule has 0 aromatic heterocycles. The smallest absolute Gasteiger partial charge is 0.120 e. The molecule has 1 aromatic rings. The first kappa shape index (κ1) is 27.0. The van der Waals surface area contributed by atoms with E-state index in [1.807, 2.05) is 45.0 Å². The first-order valence-electron chi connectivity index (χ1n) is 10.9. The summed E-state index contributed by atoms with van der Waals surface area (Å²) in [5, 5.41) is 10.9. The van der Waals surface area contributed by atoms with Crippen LogP contribution in [0.15, 0.2) is 83.5 Å². The molecular weight excluding hydrogens is 424 g/mol. The lowest BCUT2D eigenvalue weighted by molar-refractivity contribution is 0.522. The number of dihydropyridines is 1. The van der Waals surface area contributed by atoms with Crippen LogP contribution in [0, 0.1) is 15.8 Å². The average molecular weight is 459 g/mol. The zero-order valence-electron chi connectivity index (χ0n) is 19.2. The lowest BCUT2D eigenvalue weighted by atomic mass is 9.83. The lowest BCUT2D eigenvalue weighted by Gasteiger charge is -2.31. The van der Waals surface area contributed by atoms with E-state index in [-0.39, 0.29) is 0 Å². The van der Waals surface area contributed by atoms with E-state index in [4.69, 9.17) is 27.3 Å². The molecule has 0 aliphatic carbocycles. The van der Waals surface area contributed by atoms with Gasteiger partial charge in [-0.05, 0) is 43.0 Å². The highest BCUT2D eigenvalue weighted by Crippen LogP contribution is 2.32. The second-order valence-electron chi connectivity index (χ2n) is 7.08. The van der Waals surface area contributed by atoms with E-state index < -0.39 is 0 Å². The minimum atomic E-state index is 0.366. The summed E-state index contributed by atoms with van der Waals surface area (Å²) in [6.45, 7) is 12.7. The van der Waals surface area contributed by atoms with Gasteiger partial charge in [0.15, 0.2) is 0 Å². The normalized spacial score (nSPS) is 17.6. The van der Waals surface area contributed by atoms with Crippen molar-refractivity contribution >= 4 is 11.6 Å². The second kappa shape index (κ2) is 14.9. The van der Waals surface area contributed by atoms with E-state index in [1.54, 1.807) is 0 Å². The molecule has 1 unspecified atom stereocenters. The van der Waals surface area contributed by atoms with Gasteiger partial charge in [-0.25, -0.2) is 0 Å². The fourth-order valence-corrected chi connectivity index (χ4v) is 3.95. The number of hydrogen-bond acceptors (Lipinski definition) is 6. The Morgan fingerprint density at radius 1 is 1.25 bits per heavy atom. The van der Waals surface area contributed by atoms with Crippen LogP contribution in [-0.4, -0.2) is 19.6 Å². The molecule has 6 nitrogen and oxygen atoms in total. The van der Waals surface area contributed by atoms with Gasteiger partial charge >= 0.3 is 0 Å². The highest BCUT2D eigenvalue weighted by Gasteiger charge is 2.24. The molecule has 0 fully saturated rings. The topological polar surface area (TPSA) is 96.2 Å². The maximum Gasteiger partial charge on any atom is 0.120 e. The van der Waals surface area contributed by atoms with Crippen molar-refractivity contribution in [1.29, 1.82) is 0 Å². The minimum absolute atomic E-state index is 0.366. The second-order valence-corrected chi connectivity index (χ2v) is 7.49. The van der Waals surface area contributed by atoms with Crippen LogP contribution >= 0.6 is 11.6 Å². The van der Waals surface area contributed by atoms with Crippen LogP contribution in [0.25, 0.3) is 0 Å². The molecule has 0 bridgehead atoms. The quantitative estimate of drug-likeness (QED) is 0.466. The third-order valence-corrected chi connectivity index (χ3v) is 5.55. The van der Waals surface area contributed by atoms with Crippen molar-refractivity contribution < 1.29 is 0 Å². The maximum atomic E-state index is 7.00. The SMILES string of the molecule is C=C1NCC(Cc2ccccc2Cl)C(CCNC2=C(N)NCC=C2)=C1/C=C\C.CC.O=O. The van der Waals surface area contributed by atoms with Gasteiger partial charge in [0.2, 0.25) is 0 Å². The summed E-state index contributed by atoms with van der Waals surface area (Å²) in [5.74, 6) is 1.07. The van der Waals surface area contributed by atoms with E-state index in [0.29, 0.717) is 11.7 Å². The standard InChI is InChI=1S/C23H29ClN4.C2H6.O2/c1-3-7-19-16(2)28-15-18(14-17-8-4-5-9-21(17)24)20(19)11-13-26-22-10-6-12-27-23(22)25;2*1-2/h3-10,18,26-28H,2,11-15,25H2,1H3;1-2H3;/b7-3-;;. The molecular formula is C25H35ClN4O2. The monoisotopic (exact) mass is 458 g/mol. The summed E-state index contributed by atoms with van der Waals surface area (Å²) < 4.78 is 0. The van der Waals surface area contributed by atoms with Crippen molar-refractivity contribution in [3.63, 3.8) is 0 Å². The Morgan fingerprint density at radius 3 is 2.62 bits per heavy atom. The van der Waals surface area contributed by atoms with Gasteiger partial charge in [0, 0.05) is 46.2 Å². The summed E-state index contributed by atoms with van der Waals surface area (Å²) >= 11 is 6.42. The molecule has 0 amide bonds. The molecule has 1 atom stereocenters. The molecule has 2 heterocycles. The van der Waals surface area contributed by atoms with Gasteiger partial charge in [-0.15, -0.1) is 0 Å². The van der Waals surface area contributed by atoms with E-state index >= 15 is 0 Å². The van der Waals surface area contributed by atoms with Crippen molar-refractivity contribution in [1.82, 2.24) is 16.0 Å². The predicted molar refractivity (Wildman–Crippen MR) is 137 cm³/mol. The van der Waals surface area contributed by atoms with Crippen LogP contribution in [0.4, 0.5) is 0 Å². The van der Waals surface area contributed by atoms with Crippen molar-refractivity contribution in [2.24, 2.45) is 11.7 Å². The van der Waals surface area contributed by atoms with Crippen molar-refractivity contribution in [3.8, 4) is 0 Å². The van der Waals surface area contributed by atoms with Gasteiger partial charge in [0.25, 0.3) is 0 Å². The van der Waals surface area contributed by atoms with E-state index in [1.165, 1.54) is 16.7 Å². The van der Waals surface area contributed by atoms with Gasteiger partial charge in [-0.3, -0.25) is 0 Å². The number of rotatable bonds is 7. The molecule has 5 N–H and O–H groups in total. The third-order valence-electron chi connectivity index (χ3n) is 5.18. The first-order valence-corrected chi connectivity index (χ1v) is 11.3. The van der Waals surface area contributed by atoms with Gasteiger partial charge < -0.3 is 21.7 Å². The molecule has 0 saturated carbocycles. The van der Waals surface area contributed by atoms with Crippen LogP contribution in [0.2, 0.25) is 5.02 Å². The maximum absolute atomic E-state index is 7.00. The largest absolute Gasteiger partial charge is 0.384 e. The summed E-state index contributed by atoms with van der Waals surface area (Å²) in [6, 6.07) is 8.09. The van der Waals surface area contributed by atoms with Crippen molar-refractivity contribution in [2.75, 3.05) is 19.6 Å². The van der Waals surface area contributed by atoms with Crippen LogP contribution in [0.3, 0.4) is 0 Å². The third kappa shape index (κ3) is 7.61. The van der Waals surface area contributed by atoms with E-state index in [2.05, 4.69) is 46.8 Å². The van der Waals surface area contributed by atoms with Crippen LogP contribution in [0.5, 0.6) is 0 Å². The van der Waals surface area contributed by atoms with Gasteiger partial charge in [-0.2, -0.15) is 0 Å². The number of halogens is 1. The van der Waals surface area contributed by atoms with Crippen molar-refractivity contribution in [3.05, 3.63) is 104 Å². The Balaban J connectivity index is 0.00000121. The number of benzene rings is 1. The summed E-state index contributed by atoms with van der Waals surface area (Å²) in [6.07, 6.45) is 10.1. The van der Waals surface area contributed by atoms with Crippen LogP contribution < -0.4 is 21.7 Å². The highest BCUT2D eigenvalue weighted by atomic mass is 35.5. The predicted octanol–water partition coefficient (Wildman–Crippen LogP) is 4.85. The Bertz CT molecular complexity index is 874. The van der Waals surface area contributed by atoms with Crippen LogP contribution in [0.1, 0.15) is 32.8 Å². The number of nitrogens with one attached hydrogen (secondary N) is 3. The molecule has 0 spiro atoms. The summed E-state index contributed by atoms with van der Waals surface area (Å²) in [5.41, 5.74) is 11.8. The Kier molecular flexibility index (Phi) is 12.6. The lowest BCUT2D eigenvalue weighted by Crippen LogP contribution is -2.34. The molecule has 2 aliphatic heterocycles. The Hall–Kier alpha value is -2.99. The van der Waals surface area contributed by atoms with E-state index in [0.717, 1.165) is 48.9 Å². The average Bonchev–Trinajstić information content (AvgIpc) is 2.83. The number of allylic oxidation sites excluding steroid dienone is 3. The highest BCUT2D eigenvalue weighted by molar-refractivity contribution is 6.31. The summed E-state index contributed by atoms with van der Waals surface area (Å²) in [7, 11) is 0. The number of nitrogens with two attached hydrogens (primary N) is 1. The van der Waals surface area contributed by atoms with Crippen molar-refractivity contribution in [2.45, 2.75) is 33.6 Å². The zero-order valence-corrected chi connectivity index (χ0v) is 20.0. The molecule has 32 heavy (non-hydrogen) atoms. The fourth-order valence-electron chi connectivity index (χ4n) is 3.73. The van der Waals surface area contributed by atoms with Gasteiger partial charge in [0.05, 0.1) is 5.70 Å². The van der Waals surface area contributed by atoms with Crippen LogP contribution in [-0.2, 0) is 6.42 Å². The van der Waals surface area contributed by atoms with Gasteiger partial charge in [-0.1, -0.05) is 74.0 Å². The Labute approximate surface area is 196 Å². The molecule has 7 heteroatoms. The first-order chi connectivity index (χ1) is 15.6. The molecule has 0 saturated heterocycles. The molecule has 2 aliphatic rings. The fraction of sp³-hybridized carbons (Fsp3) is 0.360. The molecule has 3 rings (SSSR count). The van der Waals surface area contributed by atoms with E-state index in [9.17, 15) is 0 Å². The molecule has 174 valence electrons.